The molecule has 0 fully saturated rings. The van der Waals surface area contributed by atoms with E-state index in [9.17, 15) is 4.79 Å². The fraction of sp³-hybridized carbons (Fsp3) is 0.462. The van der Waals surface area contributed by atoms with Crippen LogP contribution in [0.4, 0.5) is 4.79 Å². The zero-order valence-electron chi connectivity index (χ0n) is 11.6. The van der Waals surface area contributed by atoms with Crippen LogP contribution >= 0.6 is 11.8 Å². The quantitative estimate of drug-likeness (QED) is 0.399. The highest BCUT2D eigenvalue weighted by Crippen LogP contribution is 2.23. The fourth-order valence-corrected chi connectivity index (χ4v) is 2.18. The molecular formula is C13H19N3O2S. The average molecular weight is 281 g/mol. The third-order valence-corrected chi connectivity index (χ3v) is 3.26. The van der Waals surface area contributed by atoms with Gasteiger partial charge >= 0.3 is 6.09 Å². The first-order chi connectivity index (χ1) is 8.93. The first-order valence-corrected chi connectivity index (χ1v) is 6.92. The molecule has 0 atom stereocenters. The number of carbonyl (C=O) groups excluding carboxylic acids is 1. The average Bonchev–Trinajstić information content (AvgIpc) is 2.38. The number of pyridine rings is 1. The minimum absolute atomic E-state index is 0.171. The Hall–Kier alpha value is -1.56. The zero-order valence-corrected chi connectivity index (χ0v) is 12.5. The summed E-state index contributed by atoms with van der Waals surface area (Å²) in [5, 5.41) is 7.21. The molecule has 0 saturated heterocycles. The summed E-state index contributed by atoms with van der Waals surface area (Å²) in [4.78, 5) is 20.1. The SMILES string of the molecule is CNC(=O)O/N=C(/CSc1ccccn1)C(C)(C)C. The van der Waals surface area contributed by atoms with E-state index in [0.717, 1.165) is 10.7 Å². The molecule has 0 bridgehead atoms. The second-order valence-electron chi connectivity index (χ2n) is 4.87. The van der Waals surface area contributed by atoms with Gasteiger partial charge in [0.1, 0.15) is 0 Å². The number of thioether (sulfide) groups is 1. The molecule has 0 aromatic carbocycles. The molecule has 0 aliphatic carbocycles. The van der Waals surface area contributed by atoms with E-state index in [0.29, 0.717) is 5.75 Å². The van der Waals surface area contributed by atoms with E-state index >= 15 is 0 Å². The predicted molar refractivity (Wildman–Crippen MR) is 77.4 cm³/mol. The van der Waals surface area contributed by atoms with Crippen LogP contribution in [0.5, 0.6) is 0 Å². The van der Waals surface area contributed by atoms with E-state index in [4.69, 9.17) is 4.84 Å². The lowest BCUT2D eigenvalue weighted by Crippen LogP contribution is -2.25. The smallest absolute Gasteiger partial charge is 0.323 e. The van der Waals surface area contributed by atoms with Crippen molar-refractivity contribution in [3.05, 3.63) is 24.4 Å². The topological polar surface area (TPSA) is 63.6 Å². The lowest BCUT2D eigenvalue weighted by molar-refractivity contribution is 0.152. The molecule has 6 heteroatoms. The molecule has 0 aliphatic heterocycles. The van der Waals surface area contributed by atoms with Crippen LogP contribution in [0.3, 0.4) is 0 Å². The van der Waals surface area contributed by atoms with Gasteiger partial charge in [-0.2, -0.15) is 0 Å². The van der Waals surface area contributed by atoms with Crippen molar-refractivity contribution in [2.75, 3.05) is 12.8 Å². The molecule has 1 rings (SSSR count). The molecule has 1 aromatic rings. The van der Waals surface area contributed by atoms with Crippen molar-refractivity contribution in [3.63, 3.8) is 0 Å². The molecule has 0 spiro atoms. The Labute approximate surface area is 117 Å². The van der Waals surface area contributed by atoms with E-state index in [1.165, 1.54) is 7.05 Å². The van der Waals surface area contributed by atoms with Crippen LogP contribution in [0.25, 0.3) is 0 Å². The standard InChI is InChI=1S/C13H19N3O2S/c1-13(2,3)10(16-18-12(17)14-4)9-19-11-7-5-6-8-15-11/h5-8H,9H2,1-4H3,(H,14,17)/b16-10-. The fourth-order valence-electron chi connectivity index (χ4n) is 1.10. The summed E-state index contributed by atoms with van der Waals surface area (Å²) in [6.45, 7) is 6.08. The van der Waals surface area contributed by atoms with Crippen molar-refractivity contribution in [3.8, 4) is 0 Å². The molecule has 1 aromatic heterocycles. The highest BCUT2D eigenvalue weighted by atomic mass is 32.2. The Kier molecular flexibility index (Phi) is 5.82. The van der Waals surface area contributed by atoms with Gasteiger partial charge < -0.3 is 5.32 Å². The molecule has 1 amide bonds. The molecule has 19 heavy (non-hydrogen) atoms. The highest BCUT2D eigenvalue weighted by Gasteiger charge is 2.20. The molecule has 5 nitrogen and oxygen atoms in total. The third kappa shape index (κ3) is 5.74. The Balaban J connectivity index is 2.68. The number of amides is 1. The van der Waals surface area contributed by atoms with Crippen molar-refractivity contribution in [2.24, 2.45) is 10.6 Å². The van der Waals surface area contributed by atoms with Gasteiger partial charge in [-0.15, -0.1) is 11.8 Å². The first-order valence-electron chi connectivity index (χ1n) is 5.93. The summed E-state index contributed by atoms with van der Waals surface area (Å²) in [7, 11) is 1.50. The number of hydrogen-bond donors (Lipinski definition) is 1. The monoisotopic (exact) mass is 281 g/mol. The van der Waals surface area contributed by atoms with Crippen molar-refractivity contribution in [2.45, 2.75) is 25.8 Å². The Morgan fingerprint density at radius 3 is 2.74 bits per heavy atom. The number of aromatic nitrogens is 1. The van der Waals surface area contributed by atoms with Crippen LogP contribution in [0.2, 0.25) is 0 Å². The predicted octanol–water partition coefficient (Wildman–Crippen LogP) is 2.93. The van der Waals surface area contributed by atoms with Crippen molar-refractivity contribution < 1.29 is 9.63 Å². The molecule has 0 unspecified atom stereocenters. The van der Waals surface area contributed by atoms with Crippen molar-refractivity contribution >= 4 is 23.6 Å². The van der Waals surface area contributed by atoms with Gasteiger partial charge in [0, 0.05) is 24.4 Å². The minimum Gasteiger partial charge on any atom is -0.323 e. The van der Waals surface area contributed by atoms with E-state index in [1.807, 2.05) is 39.0 Å². The van der Waals surface area contributed by atoms with E-state index < -0.39 is 6.09 Å². The van der Waals surface area contributed by atoms with Crippen LogP contribution in [0.1, 0.15) is 20.8 Å². The number of carbonyl (C=O) groups is 1. The van der Waals surface area contributed by atoms with Gasteiger partial charge in [-0.05, 0) is 12.1 Å². The van der Waals surface area contributed by atoms with Crippen LogP contribution < -0.4 is 5.32 Å². The van der Waals surface area contributed by atoms with E-state index in [2.05, 4.69) is 15.5 Å². The molecule has 0 saturated carbocycles. The normalized spacial score (nSPS) is 12.1. The van der Waals surface area contributed by atoms with Gasteiger partial charge in [0.05, 0.1) is 10.7 Å². The summed E-state index contributed by atoms with van der Waals surface area (Å²) in [5.41, 5.74) is 0.627. The molecular weight excluding hydrogens is 262 g/mol. The largest absolute Gasteiger partial charge is 0.433 e. The molecule has 0 aliphatic rings. The maximum absolute atomic E-state index is 11.1. The van der Waals surface area contributed by atoms with Crippen molar-refractivity contribution in [1.82, 2.24) is 10.3 Å². The van der Waals surface area contributed by atoms with Crippen molar-refractivity contribution in [1.29, 1.82) is 0 Å². The lowest BCUT2D eigenvalue weighted by atomic mass is 9.91. The van der Waals surface area contributed by atoms with E-state index in [1.54, 1.807) is 18.0 Å². The number of nitrogens with zero attached hydrogens (tertiary/aromatic N) is 2. The summed E-state index contributed by atoms with van der Waals surface area (Å²) in [5.74, 6) is 0.623. The Bertz CT molecular complexity index is 441. The number of oxime groups is 1. The zero-order chi connectivity index (χ0) is 14.3. The van der Waals surface area contributed by atoms with Gasteiger partial charge in [-0.1, -0.05) is 32.0 Å². The second kappa shape index (κ2) is 7.13. The van der Waals surface area contributed by atoms with Crippen LogP contribution in [-0.4, -0.2) is 29.6 Å². The summed E-state index contributed by atoms with van der Waals surface area (Å²) in [6, 6.07) is 5.74. The van der Waals surface area contributed by atoms with Crippen LogP contribution in [0, 0.1) is 5.41 Å². The maximum Gasteiger partial charge on any atom is 0.433 e. The number of nitrogens with one attached hydrogen (secondary N) is 1. The minimum atomic E-state index is -0.565. The van der Waals surface area contributed by atoms with Gasteiger partial charge in [-0.3, -0.25) is 4.84 Å². The first kappa shape index (κ1) is 15.5. The Morgan fingerprint density at radius 1 is 1.47 bits per heavy atom. The molecule has 104 valence electrons. The summed E-state index contributed by atoms with van der Waals surface area (Å²) in [6.07, 6.45) is 1.18. The summed E-state index contributed by atoms with van der Waals surface area (Å²) >= 11 is 1.56. The highest BCUT2D eigenvalue weighted by molar-refractivity contribution is 7.99. The lowest BCUT2D eigenvalue weighted by Gasteiger charge is -2.20. The van der Waals surface area contributed by atoms with Gasteiger partial charge in [0.2, 0.25) is 0 Å². The van der Waals surface area contributed by atoms with Crippen LogP contribution in [0.15, 0.2) is 34.6 Å². The van der Waals surface area contributed by atoms with Gasteiger partial charge in [0.15, 0.2) is 0 Å². The van der Waals surface area contributed by atoms with Gasteiger partial charge in [0.25, 0.3) is 0 Å². The Morgan fingerprint density at radius 2 is 2.21 bits per heavy atom. The molecule has 1 N–H and O–H groups in total. The van der Waals surface area contributed by atoms with Gasteiger partial charge in [-0.25, -0.2) is 9.78 Å². The number of hydrogen-bond acceptors (Lipinski definition) is 5. The van der Waals surface area contributed by atoms with E-state index in [-0.39, 0.29) is 5.41 Å². The number of rotatable bonds is 4. The maximum atomic E-state index is 11.1. The third-order valence-electron chi connectivity index (χ3n) is 2.30. The summed E-state index contributed by atoms with van der Waals surface area (Å²) < 4.78 is 0. The molecule has 1 heterocycles. The molecule has 0 radical (unpaired) electrons. The second-order valence-corrected chi connectivity index (χ2v) is 5.87. The van der Waals surface area contributed by atoms with Crippen LogP contribution in [-0.2, 0) is 4.84 Å².